The number of hydrogen-bond donors (Lipinski definition) is 1. The number of rotatable bonds is 3. The lowest BCUT2D eigenvalue weighted by molar-refractivity contribution is -0.140. The van der Waals surface area contributed by atoms with Gasteiger partial charge in [-0.15, -0.1) is 0 Å². The molecule has 2 rings (SSSR count). The van der Waals surface area contributed by atoms with Gasteiger partial charge in [-0.2, -0.15) is 0 Å². The van der Waals surface area contributed by atoms with E-state index < -0.39 is 5.97 Å². The minimum atomic E-state index is -0.646. The summed E-state index contributed by atoms with van der Waals surface area (Å²) in [6.07, 6.45) is 5.66. The van der Waals surface area contributed by atoms with E-state index in [0.29, 0.717) is 23.8 Å². The summed E-state index contributed by atoms with van der Waals surface area (Å²) in [5.74, 6) is -0.247. The molecule has 3 heteroatoms. The van der Waals surface area contributed by atoms with Crippen molar-refractivity contribution in [3.8, 4) is 0 Å². The zero-order chi connectivity index (χ0) is 11.8. The van der Waals surface area contributed by atoms with E-state index in [1.54, 1.807) is 0 Å². The molecule has 1 saturated carbocycles. The summed E-state index contributed by atoms with van der Waals surface area (Å²) in [6.45, 7) is 6.73. The highest BCUT2D eigenvalue weighted by Crippen LogP contribution is 2.41. The van der Waals surface area contributed by atoms with Gasteiger partial charge >= 0.3 is 5.97 Å². The number of hydrogen-bond acceptors (Lipinski definition) is 2. The summed E-state index contributed by atoms with van der Waals surface area (Å²) >= 11 is 0. The molecule has 0 amide bonds. The van der Waals surface area contributed by atoms with Gasteiger partial charge in [0.1, 0.15) is 0 Å². The third kappa shape index (κ3) is 2.40. The monoisotopic (exact) mass is 225 g/mol. The number of nitrogens with zero attached hydrogens (tertiary/aromatic N) is 1. The first-order valence-corrected chi connectivity index (χ1v) is 6.45. The molecule has 2 fully saturated rings. The van der Waals surface area contributed by atoms with Crippen molar-refractivity contribution in [3.63, 3.8) is 0 Å². The molecule has 1 aliphatic carbocycles. The first kappa shape index (κ1) is 11.9. The van der Waals surface area contributed by atoms with Crippen LogP contribution < -0.4 is 0 Å². The highest BCUT2D eigenvalue weighted by molar-refractivity contribution is 5.67. The molecule has 0 spiro atoms. The van der Waals surface area contributed by atoms with Gasteiger partial charge in [0.15, 0.2) is 0 Å². The highest BCUT2D eigenvalue weighted by atomic mass is 16.4. The van der Waals surface area contributed by atoms with E-state index in [1.165, 1.54) is 25.7 Å². The maximum atomic E-state index is 10.6. The van der Waals surface area contributed by atoms with Crippen LogP contribution in [0.3, 0.4) is 0 Å². The Hall–Kier alpha value is -0.570. The lowest BCUT2D eigenvalue weighted by atomic mass is 9.71. The molecule has 16 heavy (non-hydrogen) atoms. The Morgan fingerprint density at radius 3 is 2.62 bits per heavy atom. The molecule has 92 valence electrons. The summed E-state index contributed by atoms with van der Waals surface area (Å²) in [4.78, 5) is 13.1. The zero-order valence-electron chi connectivity index (χ0n) is 10.4. The fraction of sp³-hybridized carbons (Fsp3) is 0.923. The van der Waals surface area contributed by atoms with Crippen LogP contribution in [0.2, 0.25) is 0 Å². The van der Waals surface area contributed by atoms with Gasteiger partial charge in [0, 0.05) is 19.1 Å². The Morgan fingerprint density at radius 2 is 2.06 bits per heavy atom. The minimum absolute atomic E-state index is 0.351. The first-order valence-electron chi connectivity index (χ1n) is 6.45. The van der Waals surface area contributed by atoms with Crippen LogP contribution in [0.4, 0.5) is 0 Å². The molecule has 3 nitrogen and oxygen atoms in total. The van der Waals surface area contributed by atoms with Crippen molar-refractivity contribution in [2.75, 3.05) is 13.1 Å². The van der Waals surface area contributed by atoms with Crippen LogP contribution >= 0.6 is 0 Å². The van der Waals surface area contributed by atoms with Crippen LogP contribution in [0.15, 0.2) is 0 Å². The minimum Gasteiger partial charge on any atom is -0.481 e. The Labute approximate surface area is 97.8 Å². The van der Waals surface area contributed by atoms with Crippen molar-refractivity contribution >= 4 is 5.97 Å². The number of aliphatic carboxylic acids is 1. The number of likely N-dealkylation sites (tertiary alicyclic amines) is 1. The van der Waals surface area contributed by atoms with Gasteiger partial charge in [-0.3, -0.25) is 9.69 Å². The van der Waals surface area contributed by atoms with Crippen LogP contribution in [-0.2, 0) is 4.79 Å². The van der Waals surface area contributed by atoms with Crippen LogP contribution in [0.1, 0.15) is 46.0 Å². The normalized spacial score (nSPS) is 31.0. The van der Waals surface area contributed by atoms with Crippen molar-refractivity contribution in [3.05, 3.63) is 0 Å². The summed E-state index contributed by atoms with van der Waals surface area (Å²) in [5, 5.41) is 8.73. The molecule has 0 aromatic carbocycles. The van der Waals surface area contributed by atoms with E-state index in [2.05, 4.69) is 18.7 Å². The molecule has 1 saturated heterocycles. The number of carboxylic acid groups (broad SMARTS) is 1. The topological polar surface area (TPSA) is 40.5 Å². The second-order valence-corrected chi connectivity index (χ2v) is 6.17. The standard InChI is InChI=1S/C13H23NO2/c1-13(2)6-4-3-5-11(13)14-8-10(9-14)7-12(15)16/h10-11H,3-9H2,1-2H3,(H,15,16). The molecule has 1 heterocycles. The summed E-state index contributed by atoms with van der Waals surface area (Å²) in [5.41, 5.74) is 0.423. The van der Waals surface area contributed by atoms with Crippen LogP contribution in [0.25, 0.3) is 0 Å². The molecule has 1 N–H and O–H groups in total. The van der Waals surface area contributed by atoms with E-state index >= 15 is 0 Å². The third-order valence-electron chi connectivity index (χ3n) is 4.34. The summed E-state index contributed by atoms with van der Waals surface area (Å²) in [6, 6.07) is 0.686. The maximum Gasteiger partial charge on any atom is 0.303 e. The average Bonchev–Trinajstić information content (AvgIpc) is 2.11. The Balaban J connectivity index is 1.84. The van der Waals surface area contributed by atoms with Gasteiger partial charge in [0.2, 0.25) is 0 Å². The van der Waals surface area contributed by atoms with Crippen LogP contribution in [-0.4, -0.2) is 35.1 Å². The van der Waals surface area contributed by atoms with Crippen molar-refractivity contribution in [1.29, 1.82) is 0 Å². The highest BCUT2D eigenvalue weighted by Gasteiger charge is 2.41. The van der Waals surface area contributed by atoms with Gasteiger partial charge in [-0.05, 0) is 24.2 Å². The Kier molecular flexibility index (Phi) is 3.24. The predicted molar refractivity (Wildman–Crippen MR) is 63.4 cm³/mol. The van der Waals surface area contributed by atoms with E-state index in [-0.39, 0.29) is 0 Å². The summed E-state index contributed by atoms with van der Waals surface area (Å²) < 4.78 is 0. The fourth-order valence-electron chi connectivity index (χ4n) is 3.39. The van der Waals surface area contributed by atoms with Gasteiger partial charge in [-0.1, -0.05) is 26.7 Å². The molecule has 1 unspecified atom stereocenters. The Morgan fingerprint density at radius 1 is 1.38 bits per heavy atom. The van der Waals surface area contributed by atoms with Crippen LogP contribution in [0.5, 0.6) is 0 Å². The molecular weight excluding hydrogens is 202 g/mol. The van der Waals surface area contributed by atoms with Gasteiger partial charge in [0.05, 0.1) is 6.42 Å². The smallest absolute Gasteiger partial charge is 0.303 e. The molecule has 0 radical (unpaired) electrons. The van der Waals surface area contributed by atoms with Crippen molar-refractivity contribution in [2.45, 2.75) is 52.0 Å². The molecule has 2 aliphatic rings. The SMILES string of the molecule is CC1(C)CCCCC1N1CC(CC(=O)O)C1. The molecular formula is C13H23NO2. The predicted octanol–water partition coefficient (Wildman–Crippen LogP) is 2.36. The van der Waals surface area contributed by atoms with Crippen molar-refractivity contribution < 1.29 is 9.90 Å². The third-order valence-corrected chi connectivity index (χ3v) is 4.34. The first-order chi connectivity index (χ1) is 7.49. The maximum absolute atomic E-state index is 10.6. The quantitative estimate of drug-likeness (QED) is 0.801. The van der Waals surface area contributed by atoms with E-state index in [4.69, 9.17) is 5.11 Å². The van der Waals surface area contributed by atoms with Crippen LogP contribution in [0, 0.1) is 11.3 Å². The fourth-order valence-corrected chi connectivity index (χ4v) is 3.39. The summed E-state index contributed by atoms with van der Waals surface area (Å²) in [7, 11) is 0. The molecule has 0 aromatic rings. The van der Waals surface area contributed by atoms with E-state index in [1.807, 2.05) is 0 Å². The van der Waals surface area contributed by atoms with Crippen molar-refractivity contribution in [1.82, 2.24) is 4.90 Å². The Bertz CT molecular complexity index is 269. The largest absolute Gasteiger partial charge is 0.481 e. The van der Waals surface area contributed by atoms with E-state index in [0.717, 1.165) is 13.1 Å². The van der Waals surface area contributed by atoms with Gasteiger partial charge in [0.25, 0.3) is 0 Å². The molecule has 1 atom stereocenters. The molecule has 0 aromatic heterocycles. The van der Waals surface area contributed by atoms with E-state index in [9.17, 15) is 4.79 Å². The average molecular weight is 225 g/mol. The molecule has 0 bridgehead atoms. The number of carboxylic acids is 1. The number of carbonyl (C=O) groups is 1. The lowest BCUT2D eigenvalue weighted by Crippen LogP contribution is -2.57. The van der Waals surface area contributed by atoms with Gasteiger partial charge < -0.3 is 5.11 Å². The van der Waals surface area contributed by atoms with Crippen molar-refractivity contribution in [2.24, 2.45) is 11.3 Å². The second kappa shape index (κ2) is 4.36. The lowest BCUT2D eigenvalue weighted by Gasteiger charge is -2.52. The molecule has 1 aliphatic heterocycles. The van der Waals surface area contributed by atoms with Gasteiger partial charge in [-0.25, -0.2) is 0 Å². The zero-order valence-corrected chi connectivity index (χ0v) is 10.4. The second-order valence-electron chi connectivity index (χ2n) is 6.17.